The van der Waals surface area contributed by atoms with Crippen molar-refractivity contribution in [1.29, 1.82) is 0 Å². The third-order valence-corrected chi connectivity index (χ3v) is 6.19. The van der Waals surface area contributed by atoms with E-state index >= 15 is 0 Å². The third kappa shape index (κ3) is 2.79. The lowest BCUT2D eigenvalue weighted by Gasteiger charge is -2.17. The molecule has 0 saturated carbocycles. The second kappa shape index (κ2) is 6.79. The summed E-state index contributed by atoms with van der Waals surface area (Å²) in [6, 6.07) is 8.25. The SMILES string of the molecule is ClC1=CC2c3cc4c([nH]c5ccc(Cl)cc54)c(OCCn4nccn4)c3NC2C=C1. The molecule has 0 spiro atoms. The number of fused-ring (bicyclic) bond motifs is 6. The van der Waals surface area contributed by atoms with Crippen molar-refractivity contribution in [2.24, 2.45) is 0 Å². The van der Waals surface area contributed by atoms with Crippen molar-refractivity contribution in [2.45, 2.75) is 18.5 Å². The van der Waals surface area contributed by atoms with Crippen LogP contribution in [0.3, 0.4) is 0 Å². The van der Waals surface area contributed by atoms with Crippen LogP contribution in [-0.2, 0) is 6.54 Å². The molecule has 150 valence electrons. The van der Waals surface area contributed by atoms with Crippen molar-refractivity contribution < 1.29 is 4.74 Å². The summed E-state index contributed by atoms with van der Waals surface area (Å²) < 4.78 is 6.32. The zero-order valence-corrected chi connectivity index (χ0v) is 17.3. The predicted octanol–water partition coefficient (Wildman–Crippen LogP) is 5.22. The summed E-state index contributed by atoms with van der Waals surface area (Å²) >= 11 is 12.6. The van der Waals surface area contributed by atoms with Crippen LogP contribution in [0.2, 0.25) is 5.02 Å². The van der Waals surface area contributed by atoms with E-state index in [1.807, 2.05) is 24.3 Å². The van der Waals surface area contributed by atoms with Crippen LogP contribution in [0.5, 0.6) is 5.75 Å². The number of rotatable bonds is 4. The molecule has 2 aliphatic rings. The van der Waals surface area contributed by atoms with Crippen LogP contribution in [0.1, 0.15) is 11.5 Å². The fourth-order valence-electron chi connectivity index (χ4n) is 4.38. The number of hydrogen-bond donors (Lipinski definition) is 2. The molecule has 6 nitrogen and oxygen atoms in total. The normalized spacial score (nSPS) is 19.6. The van der Waals surface area contributed by atoms with Crippen LogP contribution >= 0.6 is 23.2 Å². The number of nitrogens with one attached hydrogen (secondary N) is 2. The van der Waals surface area contributed by atoms with Crippen LogP contribution in [0, 0.1) is 0 Å². The van der Waals surface area contributed by atoms with Gasteiger partial charge in [-0.3, -0.25) is 0 Å². The van der Waals surface area contributed by atoms with E-state index in [4.69, 9.17) is 27.9 Å². The van der Waals surface area contributed by atoms with E-state index in [9.17, 15) is 0 Å². The quantitative estimate of drug-likeness (QED) is 0.459. The van der Waals surface area contributed by atoms with Gasteiger partial charge < -0.3 is 15.0 Å². The van der Waals surface area contributed by atoms with E-state index in [1.165, 1.54) is 5.56 Å². The van der Waals surface area contributed by atoms with Gasteiger partial charge in [0.25, 0.3) is 0 Å². The zero-order chi connectivity index (χ0) is 20.2. The van der Waals surface area contributed by atoms with E-state index in [0.29, 0.717) is 18.2 Å². The smallest absolute Gasteiger partial charge is 0.166 e. The van der Waals surface area contributed by atoms with Crippen LogP contribution in [0.15, 0.2) is 59.9 Å². The Labute approximate surface area is 182 Å². The van der Waals surface area contributed by atoms with Gasteiger partial charge in [-0.15, -0.1) is 0 Å². The molecule has 0 saturated heterocycles. The molecule has 4 aromatic rings. The molecular formula is C22H17Cl2N5O. The average molecular weight is 438 g/mol. The van der Waals surface area contributed by atoms with Gasteiger partial charge in [0.05, 0.1) is 36.2 Å². The largest absolute Gasteiger partial charge is 0.487 e. The fraction of sp³-hybridized carbons (Fsp3) is 0.182. The Bertz CT molecular complexity index is 1340. The van der Waals surface area contributed by atoms with Crippen molar-refractivity contribution in [3.63, 3.8) is 0 Å². The summed E-state index contributed by atoms with van der Waals surface area (Å²) in [4.78, 5) is 5.13. The van der Waals surface area contributed by atoms with Crippen LogP contribution in [0.4, 0.5) is 5.69 Å². The molecule has 2 atom stereocenters. The first-order valence-electron chi connectivity index (χ1n) is 9.74. The molecule has 1 aliphatic heterocycles. The number of nitrogens with zero attached hydrogens (tertiary/aromatic N) is 3. The molecule has 2 aromatic heterocycles. The van der Waals surface area contributed by atoms with E-state index in [2.05, 4.69) is 38.7 Å². The minimum Gasteiger partial charge on any atom is -0.487 e. The van der Waals surface area contributed by atoms with E-state index in [1.54, 1.807) is 17.2 Å². The van der Waals surface area contributed by atoms with E-state index < -0.39 is 0 Å². The fourth-order valence-corrected chi connectivity index (χ4v) is 4.76. The minimum atomic E-state index is 0.152. The van der Waals surface area contributed by atoms with Gasteiger partial charge >= 0.3 is 0 Å². The van der Waals surface area contributed by atoms with Crippen molar-refractivity contribution in [3.8, 4) is 5.75 Å². The maximum Gasteiger partial charge on any atom is 0.166 e. The Morgan fingerprint density at radius 2 is 1.97 bits per heavy atom. The zero-order valence-electron chi connectivity index (χ0n) is 15.8. The molecule has 1 aliphatic carbocycles. The Balaban J connectivity index is 1.51. The lowest BCUT2D eigenvalue weighted by Crippen LogP contribution is -2.18. The predicted molar refractivity (Wildman–Crippen MR) is 120 cm³/mol. The Morgan fingerprint density at radius 1 is 1.10 bits per heavy atom. The molecular weight excluding hydrogens is 421 g/mol. The average Bonchev–Trinajstić information content (AvgIpc) is 3.45. The maximum absolute atomic E-state index is 6.32. The number of aromatic nitrogens is 4. The van der Waals surface area contributed by atoms with Gasteiger partial charge in [0.1, 0.15) is 6.61 Å². The second-order valence-electron chi connectivity index (χ2n) is 7.49. The van der Waals surface area contributed by atoms with Crippen LogP contribution in [-0.4, -0.2) is 32.6 Å². The monoisotopic (exact) mass is 437 g/mol. The molecule has 0 amide bonds. The van der Waals surface area contributed by atoms with Gasteiger partial charge in [0.15, 0.2) is 5.75 Å². The van der Waals surface area contributed by atoms with Gasteiger partial charge in [0, 0.05) is 32.3 Å². The van der Waals surface area contributed by atoms with Gasteiger partial charge in [0.2, 0.25) is 0 Å². The number of aromatic amines is 1. The number of hydrogen-bond acceptors (Lipinski definition) is 4. The molecule has 3 heterocycles. The highest BCUT2D eigenvalue weighted by Crippen LogP contribution is 2.49. The summed E-state index contributed by atoms with van der Waals surface area (Å²) in [5.74, 6) is 0.954. The molecule has 30 heavy (non-hydrogen) atoms. The van der Waals surface area contributed by atoms with Crippen molar-refractivity contribution in [3.05, 3.63) is 70.5 Å². The van der Waals surface area contributed by atoms with Crippen molar-refractivity contribution >= 4 is 50.7 Å². The first-order chi connectivity index (χ1) is 14.7. The summed E-state index contributed by atoms with van der Waals surface area (Å²) in [6.45, 7) is 1.00. The Kier molecular flexibility index (Phi) is 4.04. The van der Waals surface area contributed by atoms with E-state index in [0.717, 1.165) is 38.3 Å². The highest BCUT2D eigenvalue weighted by molar-refractivity contribution is 6.32. The number of H-pyrrole nitrogens is 1. The second-order valence-corrected chi connectivity index (χ2v) is 8.36. The highest BCUT2D eigenvalue weighted by atomic mass is 35.5. The topological polar surface area (TPSA) is 67.8 Å². The number of anilines is 1. The van der Waals surface area contributed by atoms with Crippen LogP contribution < -0.4 is 10.1 Å². The first-order valence-corrected chi connectivity index (χ1v) is 10.5. The van der Waals surface area contributed by atoms with Gasteiger partial charge in [-0.25, -0.2) is 0 Å². The Morgan fingerprint density at radius 3 is 2.83 bits per heavy atom. The maximum atomic E-state index is 6.32. The molecule has 2 unspecified atom stereocenters. The summed E-state index contributed by atoms with van der Waals surface area (Å²) in [5.41, 5.74) is 4.13. The van der Waals surface area contributed by atoms with Gasteiger partial charge in [-0.05, 0) is 35.9 Å². The first kappa shape index (κ1) is 17.9. The number of allylic oxidation sites excluding steroid dienone is 2. The van der Waals surface area contributed by atoms with Crippen molar-refractivity contribution in [2.75, 3.05) is 11.9 Å². The highest BCUT2D eigenvalue weighted by Gasteiger charge is 2.35. The standard InChI is InChI=1S/C22H17Cl2N5O/c23-12-1-3-18-14(9-12)16-11-17-15-10-13(24)2-4-19(15)28-21(17)22(20(16)27-18)30-8-7-29-25-5-6-26-29/h1-6,9-11,14,18,27-28H,7-8H2. The minimum absolute atomic E-state index is 0.152. The third-order valence-electron chi connectivity index (χ3n) is 5.71. The summed E-state index contributed by atoms with van der Waals surface area (Å²) in [6.07, 6.45) is 9.46. The van der Waals surface area contributed by atoms with Gasteiger partial charge in [-0.2, -0.15) is 15.0 Å². The summed E-state index contributed by atoms with van der Waals surface area (Å²) in [7, 11) is 0. The molecule has 2 N–H and O–H groups in total. The Hall–Kier alpha value is -2.96. The van der Waals surface area contributed by atoms with Gasteiger partial charge in [-0.1, -0.05) is 35.4 Å². The number of halogens is 2. The lowest BCUT2D eigenvalue weighted by molar-refractivity contribution is 0.285. The molecule has 8 heteroatoms. The molecule has 6 rings (SSSR count). The summed E-state index contributed by atoms with van der Waals surface area (Å²) in [5, 5.41) is 15.5. The molecule has 0 bridgehead atoms. The van der Waals surface area contributed by atoms with Crippen molar-refractivity contribution in [1.82, 2.24) is 20.0 Å². The number of benzene rings is 2. The lowest BCUT2D eigenvalue weighted by atomic mass is 9.90. The molecule has 0 fully saturated rings. The van der Waals surface area contributed by atoms with Crippen LogP contribution in [0.25, 0.3) is 21.8 Å². The molecule has 0 radical (unpaired) electrons. The van der Waals surface area contributed by atoms with E-state index in [-0.39, 0.29) is 12.0 Å². The number of ether oxygens (including phenoxy) is 1. The molecule has 2 aromatic carbocycles.